The van der Waals surface area contributed by atoms with Gasteiger partial charge < -0.3 is 11.1 Å². The molecule has 1 heterocycles. The van der Waals surface area contributed by atoms with Crippen LogP contribution in [0.5, 0.6) is 0 Å². The van der Waals surface area contributed by atoms with Gasteiger partial charge in [0.15, 0.2) is 0 Å². The van der Waals surface area contributed by atoms with Crippen LogP contribution in [-0.4, -0.2) is 5.91 Å². The summed E-state index contributed by atoms with van der Waals surface area (Å²) in [6.07, 6.45) is 3.21. The number of nitrogen functional groups attached to an aromatic ring is 1. The highest BCUT2D eigenvalue weighted by Crippen LogP contribution is 2.23. The number of benzene rings is 1. The molecule has 0 aliphatic carbocycles. The molecule has 3 N–H and O–H groups in total. The number of rotatable bonds is 3. The fourth-order valence-electron chi connectivity index (χ4n) is 1.35. The van der Waals surface area contributed by atoms with E-state index in [0.717, 1.165) is 5.56 Å². The van der Waals surface area contributed by atoms with Gasteiger partial charge in [-0.3, -0.25) is 4.79 Å². The molecule has 0 fully saturated rings. The zero-order valence-electron chi connectivity index (χ0n) is 9.39. The van der Waals surface area contributed by atoms with Crippen molar-refractivity contribution in [1.82, 2.24) is 0 Å². The van der Waals surface area contributed by atoms with Crippen LogP contribution in [0.3, 0.4) is 0 Å². The summed E-state index contributed by atoms with van der Waals surface area (Å²) in [6, 6.07) is 6.89. The van der Waals surface area contributed by atoms with E-state index in [4.69, 9.17) is 17.3 Å². The Morgan fingerprint density at radius 3 is 2.89 bits per heavy atom. The van der Waals surface area contributed by atoms with Crippen molar-refractivity contribution in [1.29, 1.82) is 0 Å². The van der Waals surface area contributed by atoms with Gasteiger partial charge in [0.2, 0.25) is 5.91 Å². The summed E-state index contributed by atoms with van der Waals surface area (Å²) >= 11 is 7.54. The monoisotopic (exact) mass is 278 g/mol. The number of nitrogens with two attached hydrogens (primary N) is 1. The van der Waals surface area contributed by atoms with E-state index in [-0.39, 0.29) is 5.91 Å². The molecule has 1 amide bonds. The molecule has 0 bridgehead atoms. The Labute approximate surface area is 114 Å². The Balaban J connectivity index is 2.03. The fourth-order valence-corrected chi connectivity index (χ4v) is 2.21. The molecular formula is C13H11ClN2OS. The first-order valence-electron chi connectivity index (χ1n) is 5.21. The van der Waals surface area contributed by atoms with Crippen LogP contribution in [0.2, 0.25) is 5.02 Å². The number of carbonyl (C=O) groups is 1. The predicted octanol–water partition coefficient (Wildman–Crippen LogP) is 3.64. The van der Waals surface area contributed by atoms with Crippen molar-refractivity contribution in [2.24, 2.45) is 0 Å². The van der Waals surface area contributed by atoms with Crippen molar-refractivity contribution in [3.8, 4) is 0 Å². The minimum absolute atomic E-state index is 0.229. The van der Waals surface area contributed by atoms with Gasteiger partial charge in [-0.15, -0.1) is 0 Å². The van der Waals surface area contributed by atoms with Crippen LogP contribution in [0.15, 0.2) is 41.1 Å². The van der Waals surface area contributed by atoms with E-state index in [1.165, 1.54) is 6.08 Å². The van der Waals surface area contributed by atoms with E-state index in [1.54, 1.807) is 35.6 Å². The summed E-state index contributed by atoms with van der Waals surface area (Å²) < 4.78 is 0. The van der Waals surface area contributed by atoms with Gasteiger partial charge in [-0.05, 0) is 46.7 Å². The quantitative estimate of drug-likeness (QED) is 0.665. The summed E-state index contributed by atoms with van der Waals surface area (Å²) in [4.78, 5) is 11.7. The maximum atomic E-state index is 11.7. The first kappa shape index (κ1) is 12.7. The molecule has 0 spiro atoms. The Morgan fingerprint density at radius 2 is 2.22 bits per heavy atom. The molecule has 0 saturated heterocycles. The van der Waals surface area contributed by atoms with Gasteiger partial charge in [-0.1, -0.05) is 11.6 Å². The second-order valence-corrected chi connectivity index (χ2v) is 4.81. The van der Waals surface area contributed by atoms with E-state index in [2.05, 4.69) is 5.32 Å². The zero-order chi connectivity index (χ0) is 13.0. The second kappa shape index (κ2) is 5.71. The highest BCUT2D eigenvalue weighted by atomic mass is 35.5. The average molecular weight is 279 g/mol. The van der Waals surface area contributed by atoms with E-state index in [9.17, 15) is 4.79 Å². The lowest BCUT2D eigenvalue weighted by atomic mass is 10.2. The predicted molar refractivity (Wildman–Crippen MR) is 77.8 cm³/mol. The van der Waals surface area contributed by atoms with E-state index in [1.807, 2.05) is 16.8 Å². The van der Waals surface area contributed by atoms with Crippen LogP contribution in [0.25, 0.3) is 6.08 Å². The van der Waals surface area contributed by atoms with Crippen LogP contribution >= 0.6 is 22.9 Å². The van der Waals surface area contributed by atoms with Gasteiger partial charge in [0.1, 0.15) is 0 Å². The van der Waals surface area contributed by atoms with Crippen molar-refractivity contribution in [2.75, 3.05) is 11.1 Å². The van der Waals surface area contributed by atoms with Gasteiger partial charge in [0, 0.05) is 11.8 Å². The zero-order valence-corrected chi connectivity index (χ0v) is 11.0. The topological polar surface area (TPSA) is 55.1 Å². The summed E-state index contributed by atoms with van der Waals surface area (Å²) in [5, 5.41) is 7.02. The van der Waals surface area contributed by atoms with E-state index < -0.39 is 0 Å². The molecular weight excluding hydrogens is 268 g/mol. The van der Waals surface area contributed by atoms with Gasteiger partial charge in [0.25, 0.3) is 0 Å². The standard InChI is InChI=1S/C13H11ClN2OS/c14-11-7-10(15)2-3-12(11)16-13(17)4-1-9-5-6-18-8-9/h1-8H,15H2,(H,16,17)/b4-1+. The van der Waals surface area contributed by atoms with Gasteiger partial charge >= 0.3 is 0 Å². The van der Waals surface area contributed by atoms with Gasteiger partial charge in [0.05, 0.1) is 10.7 Å². The third-order valence-corrected chi connectivity index (χ3v) is 3.24. The molecule has 0 saturated carbocycles. The molecule has 92 valence electrons. The normalized spacial score (nSPS) is 10.7. The van der Waals surface area contributed by atoms with Crippen LogP contribution in [0, 0.1) is 0 Å². The van der Waals surface area contributed by atoms with Gasteiger partial charge in [-0.2, -0.15) is 11.3 Å². The molecule has 2 aromatic rings. The molecule has 18 heavy (non-hydrogen) atoms. The summed E-state index contributed by atoms with van der Waals surface area (Å²) in [6.45, 7) is 0. The van der Waals surface area contributed by atoms with Crippen molar-refractivity contribution in [3.05, 3.63) is 51.7 Å². The Bertz CT molecular complexity index is 579. The first-order valence-corrected chi connectivity index (χ1v) is 6.53. The number of halogens is 1. The largest absolute Gasteiger partial charge is 0.399 e. The molecule has 0 atom stereocenters. The van der Waals surface area contributed by atoms with E-state index in [0.29, 0.717) is 16.4 Å². The van der Waals surface area contributed by atoms with Crippen LogP contribution < -0.4 is 11.1 Å². The van der Waals surface area contributed by atoms with Crippen LogP contribution in [-0.2, 0) is 4.79 Å². The number of thiophene rings is 1. The van der Waals surface area contributed by atoms with Crippen LogP contribution in [0.1, 0.15) is 5.56 Å². The number of amides is 1. The Hall–Kier alpha value is -1.78. The van der Waals surface area contributed by atoms with Gasteiger partial charge in [-0.25, -0.2) is 0 Å². The third-order valence-electron chi connectivity index (χ3n) is 2.22. The minimum Gasteiger partial charge on any atom is -0.399 e. The average Bonchev–Trinajstić information content (AvgIpc) is 2.83. The smallest absolute Gasteiger partial charge is 0.248 e. The summed E-state index contributed by atoms with van der Waals surface area (Å²) in [5.74, 6) is -0.229. The number of anilines is 2. The molecule has 0 aliphatic heterocycles. The number of carbonyl (C=O) groups excluding carboxylic acids is 1. The molecule has 1 aromatic heterocycles. The van der Waals surface area contributed by atoms with Crippen molar-refractivity contribution in [3.63, 3.8) is 0 Å². The third kappa shape index (κ3) is 3.35. The Kier molecular flexibility index (Phi) is 4.02. The highest BCUT2D eigenvalue weighted by Gasteiger charge is 2.03. The Morgan fingerprint density at radius 1 is 1.39 bits per heavy atom. The number of hydrogen-bond donors (Lipinski definition) is 2. The number of nitrogens with one attached hydrogen (secondary N) is 1. The first-order chi connectivity index (χ1) is 8.65. The maximum Gasteiger partial charge on any atom is 0.248 e. The summed E-state index contributed by atoms with van der Waals surface area (Å²) in [5.41, 5.74) is 7.68. The molecule has 0 aliphatic rings. The SMILES string of the molecule is Nc1ccc(NC(=O)/C=C/c2ccsc2)c(Cl)c1. The van der Waals surface area contributed by atoms with E-state index >= 15 is 0 Å². The highest BCUT2D eigenvalue weighted by molar-refractivity contribution is 7.08. The van der Waals surface area contributed by atoms with Crippen molar-refractivity contribution >= 4 is 46.3 Å². The summed E-state index contributed by atoms with van der Waals surface area (Å²) in [7, 11) is 0. The lowest BCUT2D eigenvalue weighted by molar-refractivity contribution is -0.111. The molecule has 3 nitrogen and oxygen atoms in total. The van der Waals surface area contributed by atoms with Crippen molar-refractivity contribution < 1.29 is 4.79 Å². The molecule has 5 heteroatoms. The lowest BCUT2D eigenvalue weighted by Gasteiger charge is -2.05. The molecule has 2 rings (SSSR count). The van der Waals surface area contributed by atoms with Crippen molar-refractivity contribution in [2.45, 2.75) is 0 Å². The van der Waals surface area contributed by atoms with Crippen LogP contribution in [0.4, 0.5) is 11.4 Å². The number of hydrogen-bond acceptors (Lipinski definition) is 3. The minimum atomic E-state index is -0.229. The maximum absolute atomic E-state index is 11.7. The molecule has 0 unspecified atom stereocenters. The second-order valence-electron chi connectivity index (χ2n) is 3.62. The molecule has 1 aromatic carbocycles. The molecule has 0 radical (unpaired) electrons. The fraction of sp³-hybridized carbons (Fsp3) is 0. The lowest BCUT2D eigenvalue weighted by Crippen LogP contribution is -2.08.